The average molecular weight is 452 g/mol. The van der Waals surface area contributed by atoms with Gasteiger partial charge >= 0.3 is 0 Å². The molecule has 1 saturated carbocycles. The summed E-state index contributed by atoms with van der Waals surface area (Å²) in [7, 11) is 0. The van der Waals surface area contributed by atoms with E-state index in [1.165, 1.54) is 154 Å². The molecule has 0 heterocycles. The highest BCUT2D eigenvalue weighted by atomic mass is 16.5. The molecule has 0 aromatic rings. The quantitative estimate of drug-likeness (QED) is 0.143. The minimum atomic E-state index is 0.548. The topological polar surface area (TPSA) is 12.5 Å². The molecule has 1 fully saturated rings. The second-order valence-electron chi connectivity index (χ2n) is 10.6. The third-order valence-electron chi connectivity index (χ3n) is 7.61. The van der Waals surface area contributed by atoms with E-state index in [4.69, 9.17) is 4.74 Å². The Balaban J connectivity index is 2.23. The average Bonchev–Trinajstić information content (AvgIpc) is 2.82. The van der Waals surface area contributed by atoms with Crippen molar-refractivity contribution in [1.29, 1.82) is 0 Å². The Morgan fingerprint density at radius 1 is 0.500 bits per heavy atom. The number of rotatable bonds is 23. The second-order valence-corrected chi connectivity index (χ2v) is 10.6. The summed E-state index contributed by atoms with van der Waals surface area (Å²) >= 11 is 0. The molecule has 0 aliphatic heterocycles. The van der Waals surface area contributed by atoms with Gasteiger partial charge in [0.05, 0.1) is 6.10 Å². The first-order valence-electron chi connectivity index (χ1n) is 15.2. The van der Waals surface area contributed by atoms with Crippen LogP contribution in [0, 0.1) is 0 Å². The van der Waals surface area contributed by atoms with Gasteiger partial charge in [-0.25, -0.2) is 0 Å². The van der Waals surface area contributed by atoms with E-state index in [-0.39, 0.29) is 0 Å². The van der Waals surface area contributed by atoms with Crippen LogP contribution >= 0.6 is 0 Å². The Labute approximate surface area is 203 Å². The molecule has 0 amide bonds. The van der Waals surface area contributed by atoms with Gasteiger partial charge in [-0.2, -0.15) is 0 Å². The van der Waals surface area contributed by atoms with Gasteiger partial charge < -0.3 is 9.64 Å². The van der Waals surface area contributed by atoms with Gasteiger partial charge in [0.2, 0.25) is 0 Å². The normalized spacial score (nSPS) is 19.1. The maximum atomic E-state index is 6.27. The van der Waals surface area contributed by atoms with E-state index in [0.29, 0.717) is 6.10 Å². The molecule has 0 N–H and O–H groups in total. The second kappa shape index (κ2) is 22.7. The summed E-state index contributed by atoms with van der Waals surface area (Å²) in [5, 5.41) is 0. The van der Waals surface area contributed by atoms with Crippen molar-refractivity contribution in [3.8, 4) is 0 Å². The summed E-state index contributed by atoms with van der Waals surface area (Å²) in [5.41, 5.74) is 0. The maximum Gasteiger partial charge on any atom is 0.0576 e. The monoisotopic (exact) mass is 451 g/mol. The molecule has 0 aromatic carbocycles. The number of unbranched alkanes of at least 4 members (excludes halogenated alkanes) is 15. The molecular formula is C30H61NO. The summed E-state index contributed by atoms with van der Waals surface area (Å²) in [6.07, 6.45) is 31.1. The molecule has 2 heteroatoms. The van der Waals surface area contributed by atoms with Gasteiger partial charge in [-0.05, 0) is 58.0 Å². The molecule has 1 aliphatic carbocycles. The van der Waals surface area contributed by atoms with Gasteiger partial charge in [0.25, 0.3) is 0 Å². The zero-order valence-corrected chi connectivity index (χ0v) is 22.7. The molecule has 192 valence electrons. The van der Waals surface area contributed by atoms with Gasteiger partial charge in [-0.1, -0.05) is 117 Å². The van der Waals surface area contributed by atoms with Crippen LogP contribution in [0.1, 0.15) is 162 Å². The zero-order valence-electron chi connectivity index (χ0n) is 22.7. The fourth-order valence-corrected chi connectivity index (χ4v) is 5.38. The molecule has 0 spiro atoms. The van der Waals surface area contributed by atoms with Crippen LogP contribution in [0.5, 0.6) is 0 Å². The van der Waals surface area contributed by atoms with E-state index in [9.17, 15) is 0 Å². The molecule has 32 heavy (non-hydrogen) atoms. The highest BCUT2D eigenvalue weighted by molar-refractivity contribution is 4.80. The number of hydrogen-bond acceptors (Lipinski definition) is 2. The Bertz CT molecular complexity index is 348. The lowest BCUT2D eigenvalue weighted by Gasteiger charge is -2.37. The van der Waals surface area contributed by atoms with Crippen molar-refractivity contribution >= 4 is 0 Å². The largest absolute Gasteiger partial charge is 0.378 e. The predicted octanol–water partition coefficient (Wildman–Crippen LogP) is 9.70. The lowest BCUT2D eigenvalue weighted by molar-refractivity contribution is 0.00496. The van der Waals surface area contributed by atoms with Crippen molar-refractivity contribution in [2.75, 3.05) is 19.7 Å². The SMILES string of the molecule is CCCCCCCCOC1CCC(N(CCCCCCCC)CCCCCCCC)CC1. The Morgan fingerprint density at radius 3 is 1.38 bits per heavy atom. The van der Waals surface area contributed by atoms with Gasteiger partial charge in [0, 0.05) is 12.6 Å². The van der Waals surface area contributed by atoms with Crippen molar-refractivity contribution in [3.05, 3.63) is 0 Å². The highest BCUT2D eigenvalue weighted by Gasteiger charge is 2.25. The van der Waals surface area contributed by atoms with Crippen LogP contribution in [0.15, 0.2) is 0 Å². The van der Waals surface area contributed by atoms with Gasteiger partial charge in [0.1, 0.15) is 0 Å². The van der Waals surface area contributed by atoms with Crippen molar-refractivity contribution in [2.24, 2.45) is 0 Å². The lowest BCUT2D eigenvalue weighted by Crippen LogP contribution is -2.40. The van der Waals surface area contributed by atoms with Crippen LogP contribution in [-0.4, -0.2) is 36.7 Å². The molecule has 0 unspecified atom stereocenters. The van der Waals surface area contributed by atoms with Crippen LogP contribution in [0.3, 0.4) is 0 Å². The van der Waals surface area contributed by atoms with E-state index in [1.54, 1.807) is 0 Å². The van der Waals surface area contributed by atoms with Gasteiger partial charge in [-0.3, -0.25) is 0 Å². The van der Waals surface area contributed by atoms with E-state index in [2.05, 4.69) is 25.7 Å². The van der Waals surface area contributed by atoms with Crippen molar-refractivity contribution in [3.63, 3.8) is 0 Å². The van der Waals surface area contributed by atoms with E-state index >= 15 is 0 Å². The molecule has 0 aromatic heterocycles. The van der Waals surface area contributed by atoms with E-state index in [1.807, 2.05) is 0 Å². The van der Waals surface area contributed by atoms with Crippen molar-refractivity contribution < 1.29 is 4.74 Å². The molecule has 0 saturated heterocycles. The maximum absolute atomic E-state index is 6.27. The smallest absolute Gasteiger partial charge is 0.0576 e. The van der Waals surface area contributed by atoms with Crippen LogP contribution in [0.2, 0.25) is 0 Å². The van der Waals surface area contributed by atoms with Gasteiger partial charge in [-0.15, -0.1) is 0 Å². The number of ether oxygens (including phenoxy) is 1. The first kappa shape index (κ1) is 30.0. The predicted molar refractivity (Wildman–Crippen MR) is 144 cm³/mol. The Morgan fingerprint density at radius 2 is 0.906 bits per heavy atom. The van der Waals surface area contributed by atoms with Gasteiger partial charge in [0.15, 0.2) is 0 Å². The van der Waals surface area contributed by atoms with E-state index < -0.39 is 0 Å². The Kier molecular flexibility index (Phi) is 21.2. The molecule has 0 radical (unpaired) electrons. The minimum absolute atomic E-state index is 0.548. The van der Waals surface area contributed by atoms with E-state index in [0.717, 1.165) is 12.6 Å². The highest BCUT2D eigenvalue weighted by Crippen LogP contribution is 2.26. The fraction of sp³-hybridized carbons (Fsp3) is 1.00. The molecule has 0 bridgehead atoms. The first-order chi connectivity index (χ1) is 15.8. The molecular weight excluding hydrogens is 390 g/mol. The molecule has 0 atom stereocenters. The zero-order chi connectivity index (χ0) is 23.1. The standard InChI is InChI=1S/C30H61NO/c1-4-7-10-13-16-19-26-31(27-20-17-14-11-8-5-2)29-22-24-30(25-23-29)32-28-21-18-15-12-9-6-3/h29-30H,4-28H2,1-3H3. The molecule has 1 rings (SSSR count). The van der Waals surface area contributed by atoms with Crippen LogP contribution in [0.4, 0.5) is 0 Å². The summed E-state index contributed by atoms with van der Waals surface area (Å²) in [6.45, 7) is 10.6. The summed E-state index contributed by atoms with van der Waals surface area (Å²) < 4.78 is 6.27. The fourth-order valence-electron chi connectivity index (χ4n) is 5.38. The number of hydrogen-bond donors (Lipinski definition) is 0. The van der Waals surface area contributed by atoms with Crippen molar-refractivity contribution in [2.45, 2.75) is 174 Å². The van der Waals surface area contributed by atoms with Crippen LogP contribution < -0.4 is 0 Å². The molecule has 1 aliphatic rings. The summed E-state index contributed by atoms with van der Waals surface area (Å²) in [6, 6.07) is 0.829. The Hall–Kier alpha value is -0.0800. The number of nitrogens with zero attached hydrogens (tertiary/aromatic N) is 1. The third-order valence-corrected chi connectivity index (χ3v) is 7.61. The van der Waals surface area contributed by atoms with Crippen LogP contribution in [0.25, 0.3) is 0 Å². The lowest BCUT2D eigenvalue weighted by atomic mass is 9.91. The minimum Gasteiger partial charge on any atom is -0.378 e. The first-order valence-corrected chi connectivity index (χ1v) is 15.2. The van der Waals surface area contributed by atoms with Crippen molar-refractivity contribution in [1.82, 2.24) is 4.90 Å². The third kappa shape index (κ3) is 16.5. The van der Waals surface area contributed by atoms with Crippen LogP contribution in [-0.2, 0) is 4.74 Å². The molecule has 2 nitrogen and oxygen atoms in total. The summed E-state index contributed by atoms with van der Waals surface area (Å²) in [4.78, 5) is 2.89. The summed E-state index contributed by atoms with van der Waals surface area (Å²) in [5.74, 6) is 0.